The van der Waals surface area contributed by atoms with E-state index in [0.29, 0.717) is 18.8 Å². The summed E-state index contributed by atoms with van der Waals surface area (Å²) in [5, 5.41) is 20.0. The number of nitro groups is 1. The van der Waals surface area contributed by atoms with Gasteiger partial charge in [-0.1, -0.05) is 13.8 Å². The van der Waals surface area contributed by atoms with E-state index in [2.05, 4.69) is 0 Å². The lowest BCUT2D eigenvalue weighted by atomic mass is 10.1. The van der Waals surface area contributed by atoms with Crippen LogP contribution in [-0.2, 0) is 0 Å². The lowest BCUT2D eigenvalue weighted by Gasteiger charge is -2.23. The van der Waals surface area contributed by atoms with Gasteiger partial charge in [0.2, 0.25) is 0 Å². The normalized spacial score (nSPS) is 10.2. The van der Waals surface area contributed by atoms with Crippen molar-refractivity contribution in [2.75, 3.05) is 18.0 Å². The van der Waals surface area contributed by atoms with Crippen molar-refractivity contribution in [2.24, 2.45) is 0 Å². The van der Waals surface area contributed by atoms with Crippen molar-refractivity contribution in [2.45, 2.75) is 26.7 Å². The second-order valence-electron chi connectivity index (χ2n) is 4.25. The van der Waals surface area contributed by atoms with Crippen molar-refractivity contribution >= 4 is 17.3 Å². The van der Waals surface area contributed by atoms with Gasteiger partial charge in [0.1, 0.15) is 5.69 Å². The first-order valence-corrected chi connectivity index (χ1v) is 6.27. The van der Waals surface area contributed by atoms with Crippen molar-refractivity contribution in [3.8, 4) is 0 Å². The van der Waals surface area contributed by atoms with Crippen LogP contribution in [0.25, 0.3) is 0 Å². The molecule has 0 saturated carbocycles. The smallest absolute Gasteiger partial charge is 0.335 e. The van der Waals surface area contributed by atoms with Gasteiger partial charge in [0.25, 0.3) is 5.69 Å². The summed E-state index contributed by atoms with van der Waals surface area (Å²) >= 11 is 0. The lowest BCUT2D eigenvalue weighted by molar-refractivity contribution is -0.384. The average molecular weight is 266 g/mol. The molecule has 1 rings (SSSR count). The molecule has 19 heavy (non-hydrogen) atoms. The first kappa shape index (κ1) is 14.9. The molecule has 0 radical (unpaired) electrons. The first-order chi connectivity index (χ1) is 9.01. The zero-order chi connectivity index (χ0) is 14.4. The minimum Gasteiger partial charge on any atom is -0.478 e. The molecule has 0 spiro atoms. The molecule has 0 saturated heterocycles. The molecule has 0 heterocycles. The highest BCUT2D eigenvalue weighted by Crippen LogP contribution is 2.29. The summed E-state index contributed by atoms with van der Waals surface area (Å²) in [5.41, 5.74) is 0.267. The summed E-state index contributed by atoms with van der Waals surface area (Å²) in [4.78, 5) is 23.4. The van der Waals surface area contributed by atoms with E-state index >= 15 is 0 Å². The number of hydrogen-bond donors (Lipinski definition) is 1. The molecule has 0 bridgehead atoms. The fourth-order valence-electron chi connectivity index (χ4n) is 1.96. The minimum absolute atomic E-state index is 0.0663. The predicted octanol–water partition coefficient (Wildman–Crippen LogP) is 2.92. The monoisotopic (exact) mass is 266 g/mol. The van der Waals surface area contributed by atoms with Gasteiger partial charge in [0.15, 0.2) is 0 Å². The van der Waals surface area contributed by atoms with Gasteiger partial charge < -0.3 is 10.0 Å². The Morgan fingerprint density at radius 1 is 1.32 bits per heavy atom. The largest absolute Gasteiger partial charge is 0.478 e. The van der Waals surface area contributed by atoms with Crippen molar-refractivity contribution < 1.29 is 14.8 Å². The maximum atomic E-state index is 11.1. The molecule has 0 aliphatic carbocycles. The van der Waals surface area contributed by atoms with Crippen LogP contribution < -0.4 is 4.90 Å². The van der Waals surface area contributed by atoms with Crippen LogP contribution in [0.5, 0.6) is 0 Å². The number of nitrogens with zero attached hydrogens (tertiary/aromatic N) is 2. The number of benzene rings is 1. The van der Waals surface area contributed by atoms with Crippen LogP contribution >= 0.6 is 0 Å². The summed E-state index contributed by atoms with van der Waals surface area (Å²) in [7, 11) is 0. The number of nitro benzene ring substituents is 1. The van der Waals surface area contributed by atoms with E-state index in [4.69, 9.17) is 5.11 Å². The second-order valence-corrected chi connectivity index (χ2v) is 4.25. The van der Waals surface area contributed by atoms with Crippen LogP contribution in [0.15, 0.2) is 18.2 Å². The third kappa shape index (κ3) is 3.67. The Labute approximate surface area is 111 Å². The van der Waals surface area contributed by atoms with E-state index in [1.165, 1.54) is 12.1 Å². The van der Waals surface area contributed by atoms with Gasteiger partial charge in [0, 0.05) is 19.2 Å². The van der Waals surface area contributed by atoms with Crippen molar-refractivity contribution in [1.82, 2.24) is 0 Å². The van der Waals surface area contributed by atoms with Gasteiger partial charge >= 0.3 is 5.97 Å². The molecule has 0 aliphatic heterocycles. The maximum absolute atomic E-state index is 11.1. The van der Waals surface area contributed by atoms with Gasteiger partial charge in [-0.25, -0.2) is 4.79 Å². The topological polar surface area (TPSA) is 83.7 Å². The Morgan fingerprint density at radius 2 is 1.89 bits per heavy atom. The number of anilines is 1. The van der Waals surface area contributed by atoms with Crippen LogP contribution in [0.2, 0.25) is 0 Å². The zero-order valence-corrected chi connectivity index (χ0v) is 11.1. The lowest BCUT2D eigenvalue weighted by Crippen LogP contribution is -2.25. The van der Waals surface area contributed by atoms with E-state index in [1.807, 2.05) is 18.7 Å². The first-order valence-electron chi connectivity index (χ1n) is 6.27. The molecule has 104 valence electrons. The SMILES string of the molecule is CCCN(CCC)c1ccc(C(=O)O)cc1[N+](=O)[O-]. The molecule has 0 unspecified atom stereocenters. The molecule has 0 atom stereocenters. The van der Waals surface area contributed by atoms with Crippen LogP contribution in [0.4, 0.5) is 11.4 Å². The van der Waals surface area contributed by atoms with Crippen LogP contribution in [-0.4, -0.2) is 29.1 Å². The second kappa shape index (κ2) is 6.72. The Balaban J connectivity index is 3.24. The van der Waals surface area contributed by atoms with Crippen LogP contribution in [0, 0.1) is 10.1 Å². The number of aromatic carboxylic acids is 1. The molecule has 6 heteroatoms. The molecule has 1 aromatic rings. The van der Waals surface area contributed by atoms with Crippen molar-refractivity contribution in [3.05, 3.63) is 33.9 Å². The molecule has 1 aromatic carbocycles. The van der Waals surface area contributed by atoms with Crippen LogP contribution in [0.3, 0.4) is 0 Å². The van der Waals surface area contributed by atoms with Crippen LogP contribution in [0.1, 0.15) is 37.0 Å². The molecular formula is C13H18N2O4. The van der Waals surface area contributed by atoms with Crippen molar-refractivity contribution in [3.63, 3.8) is 0 Å². The summed E-state index contributed by atoms with van der Waals surface area (Å²) < 4.78 is 0. The Hall–Kier alpha value is -2.11. The fraction of sp³-hybridized carbons (Fsp3) is 0.462. The van der Waals surface area contributed by atoms with E-state index in [0.717, 1.165) is 18.9 Å². The highest BCUT2D eigenvalue weighted by molar-refractivity contribution is 5.89. The summed E-state index contributed by atoms with van der Waals surface area (Å²) in [5.74, 6) is -1.16. The Bertz CT molecular complexity index is 468. The molecular weight excluding hydrogens is 248 g/mol. The third-order valence-electron chi connectivity index (χ3n) is 2.75. The van der Waals surface area contributed by atoms with Gasteiger partial charge in [-0.15, -0.1) is 0 Å². The Kier molecular flexibility index (Phi) is 5.29. The van der Waals surface area contributed by atoms with E-state index in [-0.39, 0.29) is 11.3 Å². The summed E-state index contributed by atoms with van der Waals surface area (Å²) in [6.45, 7) is 5.42. The van der Waals surface area contributed by atoms with Gasteiger partial charge in [-0.2, -0.15) is 0 Å². The van der Waals surface area contributed by atoms with E-state index in [9.17, 15) is 14.9 Å². The minimum atomic E-state index is -1.16. The van der Waals surface area contributed by atoms with Gasteiger partial charge in [0.05, 0.1) is 10.5 Å². The average Bonchev–Trinajstić information content (AvgIpc) is 2.37. The molecule has 0 aromatic heterocycles. The summed E-state index contributed by atoms with van der Waals surface area (Å²) in [6.07, 6.45) is 1.75. The molecule has 0 aliphatic rings. The summed E-state index contributed by atoms with van der Waals surface area (Å²) in [6, 6.07) is 4.05. The highest BCUT2D eigenvalue weighted by Gasteiger charge is 2.20. The zero-order valence-electron chi connectivity index (χ0n) is 11.1. The quantitative estimate of drug-likeness (QED) is 0.606. The van der Waals surface area contributed by atoms with Gasteiger partial charge in [-0.3, -0.25) is 10.1 Å². The number of carbonyl (C=O) groups is 1. The number of rotatable bonds is 7. The number of carboxylic acid groups (broad SMARTS) is 1. The predicted molar refractivity (Wildman–Crippen MR) is 72.9 cm³/mol. The van der Waals surface area contributed by atoms with E-state index in [1.54, 1.807) is 0 Å². The molecule has 0 amide bonds. The standard InChI is InChI=1S/C13H18N2O4/c1-3-7-14(8-4-2)11-6-5-10(13(16)17)9-12(11)15(18)19/h5-6,9H,3-4,7-8H2,1-2H3,(H,16,17). The molecule has 1 N–H and O–H groups in total. The fourth-order valence-corrected chi connectivity index (χ4v) is 1.96. The van der Waals surface area contributed by atoms with Crippen molar-refractivity contribution in [1.29, 1.82) is 0 Å². The Morgan fingerprint density at radius 3 is 2.32 bits per heavy atom. The molecule has 6 nitrogen and oxygen atoms in total. The number of hydrogen-bond acceptors (Lipinski definition) is 4. The number of carboxylic acids is 1. The maximum Gasteiger partial charge on any atom is 0.335 e. The molecule has 0 fully saturated rings. The third-order valence-corrected chi connectivity index (χ3v) is 2.75. The van der Waals surface area contributed by atoms with Gasteiger partial charge in [-0.05, 0) is 25.0 Å². The van der Waals surface area contributed by atoms with E-state index < -0.39 is 10.9 Å². The highest BCUT2D eigenvalue weighted by atomic mass is 16.6.